The standard InChI is InChI=1S/C30H47N5O6/c1-14(2)22(36)19(15-9-8-10-15)33-28(41)34-24(29(3,4)5)27(40)35-13-17-18(30(17,6)7)21(35)26(39)32-20(16-11-12-16)23(37)25(31)38/h14-21,24H,8-13H2,1-7H3,(H2,31,38)(H,32,39)(H2,33,34,41)/t17-,18-,19-,20?,21-,24+/m0/s1. The molecule has 4 aliphatic rings. The van der Waals surface area contributed by atoms with E-state index in [1.807, 2.05) is 34.6 Å². The van der Waals surface area contributed by atoms with E-state index < -0.39 is 59.1 Å². The Balaban J connectivity index is 1.52. The van der Waals surface area contributed by atoms with Crippen LogP contribution in [0.4, 0.5) is 4.79 Å². The molecule has 0 radical (unpaired) electrons. The fourth-order valence-corrected chi connectivity index (χ4v) is 6.71. The summed E-state index contributed by atoms with van der Waals surface area (Å²) in [5.41, 5.74) is 4.37. The summed E-state index contributed by atoms with van der Waals surface area (Å²) in [6.45, 7) is 13.6. The Morgan fingerprint density at radius 3 is 1.93 bits per heavy atom. The predicted octanol–water partition coefficient (Wildman–Crippen LogP) is 1.53. The summed E-state index contributed by atoms with van der Waals surface area (Å²) >= 11 is 0. The first-order valence-corrected chi connectivity index (χ1v) is 15.0. The first-order valence-electron chi connectivity index (χ1n) is 15.0. The number of carbonyl (C=O) groups is 6. The highest BCUT2D eigenvalue weighted by Gasteiger charge is 2.70. The van der Waals surface area contributed by atoms with Crippen molar-refractivity contribution in [3.05, 3.63) is 0 Å². The van der Waals surface area contributed by atoms with Gasteiger partial charge in [-0.15, -0.1) is 0 Å². The average molecular weight is 574 g/mol. The van der Waals surface area contributed by atoms with Gasteiger partial charge >= 0.3 is 6.03 Å². The monoisotopic (exact) mass is 573 g/mol. The van der Waals surface area contributed by atoms with Crippen LogP contribution < -0.4 is 21.7 Å². The maximum atomic E-state index is 14.1. The fourth-order valence-electron chi connectivity index (χ4n) is 6.71. The van der Waals surface area contributed by atoms with E-state index in [1.165, 1.54) is 4.90 Å². The molecule has 6 atom stereocenters. The normalized spacial score (nSPS) is 27.1. The second kappa shape index (κ2) is 11.0. The number of nitrogens with one attached hydrogen (secondary N) is 3. The lowest BCUT2D eigenvalue weighted by atomic mass is 9.76. The number of urea groups is 1. The van der Waals surface area contributed by atoms with Gasteiger partial charge in [0.05, 0.1) is 6.04 Å². The lowest BCUT2D eigenvalue weighted by Gasteiger charge is -2.39. The molecule has 11 nitrogen and oxygen atoms in total. The van der Waals surface area contributed by atoms with Crippen molar-refractivity contribution in [2.75, 3.05) is 6.54 Å². The Hall–Kier alpha value is -2.98. The molecule has 228 valence electrons. The van der Waals surface area contributed by atoms with Gasteiger partial charge in [0.15, 0.2) is 5.78 Å². The van der Waals surface area contributed by atoms with E-state index in [9.17, 15) is 28.8 Å². The average Bonchev–Trinajstić information content (AvgIpc) is 3.70. The topological polar surface area (TPSA) is 168 Å². The summed E-state index contributed by atoms with van der Waals surface area (Å²) in [6, 6.07) is -4.01. The molecule has 4 rings (SSSR count). The first-order chi connectivity index (χ1) is 19.0. The van der Waals surface area contributed by atoms with Crippen LogP contribution in [0.2, 0.25) is 0 Å². The number of nitrogens with two attached hydrogens (primary N) is 1. The molecule has 11 heteroatoms. The third-order valence-corrected chi connectivity index (χ3v) is 9.85. The molecule has 0 bridgehead atoms. The number of amides is 5. The summed E-state index contributed by atoms with van der Waals surface area (Å²) in [5, 5.41) is 8.44. The smallest absolute Gasteiger partial charge is 0.316 e. The first kappa shape index (κ1) is 31.0. The lowest BCUT2D eigenvalue weighted by molar-refractivity contribution is -0.145. The van der Waals surface area contributed by atoms with E-state index >= 15 is 0 Å². The van der Waals surface area contributed by atoms with Crippen LogP contribution in [0.5, 0.6) is 0 Å². The van der Waals surface area contributed by atoms with Gasteiger partial charge in [0.2, 0.25) is 17.6 Å². The summed E-state index contributed by atoms with van der Waals surface area (Å²) in [6.07, 6.45) is 4.17. The summed E-state index contributed by atoms with van der Waals surface area (Å²) in [5.74, 6) is -3.14. The van der Waals surface area contributed by atoms with Crippen molar-refractivity contribution >= 4 is 35.3 Å². The summed E-state index contributed by atoms with van der Waals surface area (Å²) in [4.78, 5) is 79.6. The van der Waals surface area contributed by atoms with Crippen molar-refractivity contribution in [1.29, 1.82) is 0 Å². The molecule has 0 aromatic rings. The predicted molar refractivity (Wildman–Crippen MR) is 151 cm³/mol. The highest BCUT2D eigenvalue weighted by molar-refractivity contribution is 6.38. The van der Waals surface area contributed by atoms with Crippen molar-refractivity contribution in [2.24, 2.45) is 46.2 Å². The van der Waals surface area contributed by atoms with Gasteiger partial charge < -0.3 is 26.6 Å². The van der Waals surface area contributed by atoms with Gasteiger partial charge in [-0.3, -0.25) is 24.0 Å². The Bertz CT molecular complexity index is 1120. The largest absolute Gasteiger partial charge is 0.363 e. The number of nitrogens with zero attached hydrogens (tertiary/aromatic N) is 1. The van der Waals surface area contributed by atoms with Crippen LogP contribution in [0.25, 0.3) is 0 Å². The molecule has 41 heavy (non-hydrogen) atoms. The molecule has 5 amide bonds. The number of carbonyl (C=O) groups excluding carboxylic acids is 6. The van der Waals surface area contributed by atoms with Crippen molar-refractivity contribution in [3.63, 3.8) is 0 Å². The zero-order chi connectivity index (χ0) is 30.6. The molecule has 1 aliphatic heterocycles. The van der Waals surface area contributed by atoms with E-state index in [-0.39, 0.29) is 40.8 Å². The number of hydrogen-bond donors (Lipinski definition) is 4. The second-order valence-electron chi connectivity index (χ2n) is 14.6. The molecule has 1 saturated heterocycles. The minimum atomic E-state index is -1.09. The van der Waals surface area contributed by atoms with Crippen molar-refractivity contribution in [3.8, 4) is 0 Å². The zero-order valence-electron chi connectivity index (χ0n) is 25.4. The minimum Gasteiger partial charge on any atom is -0.363 e. The van der Waals surface area contributed by atoms with Gasteiger partial charge in [0, 0.05) is 12.5 Å². The zero-order valence-corrected chi connectivity index (χ0v) is 25.4. The fraction of sp³-hybridized carbons (Fsp3) is 0.800. The van der Waals surface area contributed by atoms with Gasteiger partial charge in [-0.1, -0.05) is 54.9 Å². The van der Waals surface area contributed by atoms with E-state index in [2.05, 4.69) is 29.8 Å². The quantitative estimate of drug-likeness (QED) is 0.273. The van der Waals surface area contributed by atoms with Crippen LogP contribution in [-0.2, 0) is 24.0 Å². The Morgan fingerprint density at radius 2 is 1.46 bits per heavy atom. The van der Waals surface area contributed by atoms with Gasteiger partial charge in [0.1, 0.15) is 18.1 Å². The van der Waals surface area contributed by atoms with Crippen LogP contribution in [0, 0.1) is 40.4 Å². The van der Waals surface area contributed by atoms with Crippen LogP contribution in [0.1, 0.15) is 80.6 Å². The number of piperidine rings is 1. The van der Waals surface area contributed by atoms with E-state index in [0.29, 0.717) is 19.4 Å². The maximum absolute atomic E-state index is 14.1. The van der Waals surface area contributed by atoms with E-state index in [1.54, 1.807) is 0 Å². The minimum absolute atomic E-state index is 0.0298. The maximum Gasteiger partial charge on any atom is 0.316 e. The number of primary amides is 1. The van der Waals surface area contributed by atoms with E-state index in [4.69, 9.17) is 5.73 Å². The SMILES string of the molecule is CC(C)C(=O)[C@@H](NC(=O)N[C@H](C(=O)N1C[C@H]2[C@@H]([C@H]1C(=O)NC(C(=O)C(N)=O)C1CC1)C2(C)C)C(C)(C)C)C1CCC1. The molecule has 3 aliphatic carbocycles. The number of ketones is 2. The highest BCUT2D eigenvalue weighted by Crippen LogP contribution is 2.65. The third-order valence-electron chi connectivity index (χ3n) is 9.85. The Kier molecular flexibility index (Phi) is 8.32. The summed E-state index contributed by atoms with van der Waals surface area (Å²) < 4.78 is 0. The molecular formula is C30H47N5O6. The molecule has 1 heterocycles. The highest BCUT2D eigenvalue weighted by atomic mass is 16.2. The third kappa shape index (κ3) is 6.14. The molecule has 0 spiro atoms. The van der Waals surface area contributed by atoms with Crippen LogP contribution >= 0.6 is 0 Å². The van der Waals surface area contributed by atoms with Crippen LogP contribution in [0.3, 0.4) is 0 Å². The van der Waals surface area contributed by atoms with Gasteiger partial charge in [-0.05, 0) is 60.2 Å². The van der Waals surface area contributed by atoms with Crippen LogP contribution in [-0.4, -0.2) is 70.9 Å². The summed E-state index contributed by atoms with van der Waals surface area (Å²) in [7, 11) is 0. The molecule has 4 fully saturated rings. The molecular weight excluding hydrogens is 526 g/mol. The number of likely N-dealkylation sites (tertiary alicyclic amines) is 1. The molecule has 3 saturated carbocycles. The van der Waals surface area contributed by atoms with Crippen molar-refractivity contribution in [1.82, 2.24) is 20.9 Å². The van der Waals surface area contributed by atoms with Crippen LogP contribution in [0.15, 0.2) is 0 Å². The van der Waals surface area contributed by atoms with Crippen molar-refractivity contribution < 1.29 is 28.8 Å². The number of rotatable bonds is 11. The van der Waals surface area contributed by atoms with Gasteiger partial charge in [-0.25, -0.2) is 4.79 Å². The molecule has 5 N–H and O–H groups in total. The Morgan fingerprint density at radius 1 is 0.878 bits per heavy atom. The molecule has 1 unspecified atom stereocenters. The van der Waals surface area contributed by atoms with Gasteiger partial charge in [-0.2, -0.15) is 0 Å². The number of fused-ring (bicyclic) bond motifs is 1. The van der Waals surface area contributed by atoms with Crippen molar-refractivity contribution in [2.45, 2.75) is 105 Å². The van der Waals surface area contributed by atoms with Gasteiger partial charge in [0.25, 0.3) is 5.91 Å². The number of Topliss-reactive ketones (excluding diaryl/α,β-unsaturated/α-hetero) is 2. The Labute approximate surface area is 242 Å². The lowest BCUT2D eigenvalue weighted by Crippen LogP contribution is -2.62. The second-order valence-corrected chi connectivity index (χ2v) is 14.6. The molecule has 0 aromatic carbocycles. The molecule has 0 aromatic heterocycles. The van der Waals surface area contributed by atoms with E-state index in [0.717, 1.165) is 19.3 Å². The number of hydrogen-bond acceptors (Lipinski definition) is 6.